The van der Waals surface area contributed by atoms with Gasteiger partial charge in [0.2, 0.25) is 5.91 Å². The molecule has 4 aromatic rings. The highest BCUT2D eigenvalue weighted by Gasteiger charge is 2.25. The molecule has 0 radical (unpaired) electrons. The maximum atomic E-state index is 12.8. The summed E-state index contributed by atoms with van der Waals surface area (Å²) in [7, 11) is 0. The minimum Gasteiger partial charge on any atom is -0.456 e. The molecule has 1 aliphatic rings. The van der Waals surface area contributed by atoms with E-state index in [1.807, 2.05) is 54.6 Å². The molecule has 1 aromatic heterocycles. The molecule has 1 N–H and O–H groups in total. The molecule has 3 aromatic carbocycles. The third-order valence-electron chi connectivity index (χ3n) is 5.90. The maximum absolute atomic E-state index is 12.8. The molecule has 0 unspecified atom stereocenters. The number of likely N-dealkylation sites (tertiary alicyclic amines) is 1. The number of hydrogen-bond donors (Lipinski definition) is 1. The fourth-order valence-electron chi connectivity index (χ4n) is 4.29. The first-order valence-corrected chi connectivity index (χ1v) is 10.7. The molecule has 30 heavy (non-hydrogen) atoms. The minimum absolute atomic E-state index is 0.0342. The first-order chi connectivity index (χ1) is 14.7. The second kappa shape index (κ2) is 8.13. The number of benzene rings is 3. The van der Waals surface area contributed by atoms with Crippen LogP contribution in [0.3, 0.4) is 0 Å². The third kappa shape index (κ3) is 3.93. The topological polar surface area (TPSA) is 45.5 Å². The Labute approximate surface area is 180 Å². The van der Waals surface area contributed by atoms with Crippen molar-refractivity contribution in [3.8, 4) is 0 Å². The number of nitrogens with zero attached hydrogens (tertiary/aromatic N) is 1. The molecule has 0 saturated carbocycles. The van der Waals surface area contributed by atoms with Crippen LogP contribution in [0.4, 0.5) is 5.69 Å². The molecule has 0 atom stereocenters. The number of carbonyl (C=O) groups is 1. The zero-order valence-corrected chi connectivity index (χ0v) is 17.4. The van der Waals surface area contributed by atoms with Crippen LogP contribution in [0.25, 0.3) is 21.9 Å². The highest BCUT2D eigenvalue weighted by atomic mass is 35.5. The van der Waals surface area contributed by atoms with E-state index >= 15 is 0 Å². The van der Waals surface area contributed by atoms with Crippen molar-refractivity contribution in [3.63, 3.8) is 0 Å². The summed E-state index contributed by atoms with van der Waals surface area (Å²) in [6.07, 6.45) is 1.72. The third-order valence-corrected chi connectivity index (χ3v) is 6.13. The summed E-state index contributed by atoms with van der Waals surface area (Å²) in [5.41, 5.74) is 3.66. The van der Waals surface area contributed by atoms with E-state index in [0.717, 1.165) is 65.1 Å². The van der Waals surface area contributed by atoms with Crippen LogP contribution in [-0.4, -0.2) is 23.9 Å². The minimum atomic E-state index is 0.0342. The number of anilines is 1. The van der Waals surface area contributed by atoms with Crippen molar-refractivity contribution < 1.29 is 9.21 Å². The molecule has 1 aliphatic heterocycles. The molecule has 0 bridgehead atoms. The van der Waals surface area contributed by atoms with Crippen molar-refractivity contribution in [2.75, 3.05) is 18.4 Å². The van der Waals surface area contributed by atoms with E-state index in [0.29, 0.717) is 0 Å². The number of halogens is 1. The number of rotatable bonds is 4. The Balaban J connectivity index is 1.21. The van der Waals surface area contributed by atoms with E-state index in [4.69, 9.17) is 16.0 Å². The molecular formula is C25H23ClN2O2. The van der Waals surface area contributed by atoms with Gasteiger partial charge in [0.1, 0.15) is 11.2 Å². The smallest absolute Gasteiger partial charge is 0.227 e. The fourth-order valence-corrected chi connectivity index (χ4v) is 4.51. The Hall–Kier alpha value is -2.82. The van der Waals surface area contributed by atoms with Crippen LogP contribution in [0.1, 0.15) is 18.4 Å². The van der Waals surface area contributed by atoms with Crippen molar-refractivity contribution in [3.05, 3.63) is 77.3 Å². The van der Waals surface area contributed by atoms with Gasteiger partial charge in [-0.25, -0.2) is 0 Å². The van der Waals surface area contributed by atoms with Gasteiger partial charge in [-0.1, -0.05) is 41.9 Å². The number of fused-ring (bicyclic) bond motifs is 3. The SMILES string of the molecule is O=C(Nc1ccc2c(c1)oc1ccccc12)C1CCN(Cc2cccc(Cl)c2)CC1. The van der Waals surface area contributed by atoms with E-state index in [1.165, 1.54) is 5.56 Å². The number of nitrogens with one attached hydrogen (secondary N) is 1. The lowest BCUT2D eigenvalue weighted by atomic mass is 9.95. The van der Waals surface area contributed by atoms with Crippen LogP contribution in [-0.2, 0) is 11.3 Å². The van der Waals surface area contributed by atoms with Gasteiger partial charge < -0.3 is 9.73 Å². The van der Waals surface area contributed by atoms with Crippen molar-refractivity contribution in [1.82, 2.24) is 4.90 Å². The second-order valence-electron chi connectivity index (χ2n) is 7.98. The quantitative estimate of drug-likeness (QED) is 0.436. The molecule has 0 aliphatic carbocycles. The standard InChI is InChI=1S/C25H23ClN2O2/c26-19-5-3-4-17(14-19)16-28-12-10-18(11-13-28)25(29)27-20-8-9-22-21-6-1-2-7-23(21)30-24(22)15-20/h1-9,14-15,18H,10-13,16H2,(H,27,29). The van der Waals surface area contributed by atoms with Crippen LogP contribution in [0.2, 0.25) is 5.02 Å². The normalized spacial score (nSPS) is 15.6. The van der Waals surface area contributed by atoms with Crippen molar-refractivity contribution >= 4 is 45.1 Å². The Morgan fingerprint density at radius 2 is 1.77 bits per heavy atom. The maximum Gasteiger partial charge on any atom is 0.227 e. The molecule has 1 amide bonds. The van der Waals surface area contributed by atoms with Gasteiger partial charge in [-0.05, 0) is 61.8 Å². The van der Waals surface area contributed by atoms with Gasteiger partial charge in [-0.2, -0.15) is 0 Å². The van der Waals surface area contributed by atoms with Gasteiger partial charge in [0.05, 0.1) is 0 Å². The highest BCUT2D eigenvalue weighted by Crippen LogP contribution is 2.31. The van der Waals surface area contributed by atoms with Crippen molar-refractivity contribution in [1.29, 1.82) is 0 Å². The van der Waals surface area contributed by atoms with Gasteiger partial charge in [0.25, 0.3) is 0 Å². The van der Waals surface area contributed by atoms with Crippen LogP contribution >= 0.6 is 11.6 Å². The number of furan rings is 1. The van der Waals surface area contributed by atoms with E-state index in [-0.39, 0.29) is 11.8 Å². The van der Waals surface area contributed by atoms with E-state index < -0.39 is 0 Å². The van der Waals surface area contributed by atoms with Crippen LogP contribution in [0, 0.1) is 5.92 Å². The fraction of sp³-hybridized carbons (Fsp3) is 0.240. The number of carbonyl (C=O) groups excluding carboxylic acids is 1. The van der Waals surface area contributed by atoms with Gasteiger partial charge in [-0.3, -0.25) is 9.69 Å². The number of para-hydroxylation sites is 1. The van der Waals surface area contributed by atoms with Gasteiger partial charge in [-0.15, -0.1) is 0 Å². The monoisotopic (exact) mass is 418 g/mol. The lowest BCUT2D eigenvalue weighted by molar-refractivity contribution is -0.121. The molecule has 1 fully saturated rings. The van der Waals surface area contributed by atoms with Gasteiger partial charge in [0.15, 0.2) is 0 Å². The largest absolute Gasteiger partial charge is 0.456 e. The predicted molar refractivity (Wildman–Crippen MR) is 122 cm³/mol. The lowest BCUT2D eigenvalue weighted by Gasteiger charge is -2.31. The molecular weight excluding hydrogens is 396 g/mol. The summed E-state index contributed by atoms with van der Waals surface area (Å²) in [5.74, 6) is 0.125. The Morgan fingerprint density at radius 3 is 2.60 bits per heavy atom. The van der Waals surface area contributed by atoms with Crippen LogP contribution in [0.15, 0.2) is 71.1 Å². The van der Waals surface area contributed by atoms with Gasteiger partial charge >= 0.3 is 0 Å². The molecule has 5 rings (SSSR count). The van der Waals surface area contributed by atoms with E-state index in [2.05, 4.69) is 22.3 Å². The lowest BCUT2D eigenvalue weighted by Crippen LogP contribution is -2.37. The summed E-state index contributed by atoms with van der Waals surface area (Å²) in [6.45, 7) is 2.69. The molecule has 1 saturated heterocycles. The first-order valence-electron chi connectivity index (χ1n) is 10.3. The van der Waals surface area contributed by atoms with Crippen molar-refractivity contribution in [2.45, 2.75) is 19.4 Å². The molecule has 152 valence electrons. The summed E-state index contributed by atoms with van der Waals surface area (Å²) in [6, 6.07) is 21.9. The average molecular weight is 419 g/mol. The van der Waals surface area contributed by atoms with Crippen LogP contribution in [0.5, 0.6) is 0 Å². The van der Waals surface area contributed by atoms with Gasteiger partial charge in [0, 0.05) is 40.0 Å². The van der Waals surface area contributed by atoms with Crippen molar-refractivity contribution in [2.24, 2.45) is 5.92 Å². The Bertz CT molecular complexity index is 1210. The number of amides is 1. The molecule has 4 nitrogen and oxygen atoms in total. The van der Waals surface area contributed by atoms with E-state index in [9.17, 15) is 4.79 Å². The zero-order valence-electron chi connectivity index (χ0n) is 16.6. The van der Waals surface area contributed by atoms with Crippen LogP contribution < -0.4 is 5.32 Å². The summed E-state index contributed by atoms with van der Waals surface area (Å²) >= 11 is 6.09. The average Bonchev–Trinajstić information content (AvgIpc) is 3.12. The molecule has 5 heteroatoms. The van der Waals surface area contributed by atoms with E-state index in [1.54, 1.807) is 0 Å². The second-order valence-corrected chi connectivity index (χ2v) is 8.42. The predicted octanol–water partition coefficient (Wildman–Crippen LogP) is 6.09. The first kappa shape index (κ1) is 19.2. The summed E-state index contributed by atoms with van der Waals surface area (Å²) in [5, 5.41) is 6.01. The summed E-state index contributed by atoms with van der Waals surface area (Å²) < 4.78 is 5.93. The summed E-state index contributed by atoms with van der Waals surface area (Å²) in [4.78, 5) is 15.2. The number of hydrogen-bond acceptors (Lipinski definition) is 3. The molecule has 0 spiro atoms. The Morgan fingerprint density at radius 1 is 0.967 bits per heavy atom. The zero-order chi connectivity index (χ0) is 20.5. The number of piperidine rings is 1. The highest BCUT2D eigenvalue weighted by molar-refractivity contribution is 6.30. The molecule has 2 heterocycles. The Kier molecular flexibility index (Phi) is 5.19.